The molecule has 0 aromatic heterocycles. The lowest BCUT2D eigenvalue weighted by Gasteiger charge is -2.14. The second-order valence-electron chi connectivity index (χ2n) is 7.70. The molecule has 0 unspecified atom stereocenters. The summed E-state index contributed by atoms with van der Waals surface area (Å²) in [5.74, 6) is -0.0649. The Morgan fingerprint density at radius 2 is 1.57 bits per heavy atom. The van der Waals surface area contributed by atoms with Gasteiger partial charge in [-0.05, 0) is 62.4 Å². The van der Waals surface area contributed by atoms with Crippen LogP contribution in [0.15, 0.2) is 41.3 Å². The molecule has 0 heterocycles. The molecule has 0 atom stereocenters. The van der Waals surface area contributed by atoms with Crippen molar-refractivity contribution >= 4 is 15.9 Å². The Morgan fingerprint density at radius 3 is 2.14 bits per heavy atom. The van der Waals surface area contributed by atoms with Crippen molar-refractivity contribution in [1.29, 1.82) is 0 Å². The molecule has 2 N–H and O–H groups in total. The Labute approximate surface area is 167 Å². The van der Waals surface area contributed by atoms with Crippen LogP contribution in [-0.2, 0) is 16.6 Å². The van der Waals surface area contributed by atoms with Crippen molar-refractivity contribution in [2.45, 2.75) is 63.9 Å². The summed E-state index contributed by atoms with van der Waals surface area (Å²) < 4.78 is 28.2. The molecule has 5 nitrogen and oxygen atoms in total. The molecule has 1 aliphatic carbocycles. The molecule has 0 aliphatic heterocycles. The summed E-state index contributed by atoms with van der Waals surface area (Å²) in [6.45, 7) is 5.76. The number of sulfonamides is 1. The van der Waals surface area contributed by atoms with Gasteiger partial charge in [0, 0.05) is 18.2 Å². The first-order valence-electron chi connectivity index (χ1n) is 9.73. The van der Waals surface area contributed by atoms with Crippen molar-refractivity contribution in [2.75, 3.05) is 0 Å². The molecule has 1 aliphatic rings. The molecule has 1 amide bonds. The molecular weight excluding hydrogens is 372 g/mol. The van der Waals surface area contributed by atoms with Gasteiger partial charge in [0.25, 0.3) is 5.91 Å². The van der Waals surface area contributed by atoms with Gasteiger partial charge in [-0.3, -0.25) is 4.79 Å². The highest BCUT2D eigenvalue weighted by atomic mass is 32.2. The number of amides is 1. The highest BCUT2D eigenvalue weighted by molar-refractivity contribution is 7.89. The van der Waals surface area contributed by atoms with Crippen molar-refractivity contribution in [1.82, 2.24) is 10.0 Å². The van der Waals surface area contributed by atoms with Crippen molar-refractivity contribution in [3.05, 3.63) is 64.2 Å². The first-order chi connectivity index (χ1) is 13.3. The molecule has 1 saturated carbocycles. The number of carbonyl (C=O) groups excluding carboxylic acids is 1. The SMILES string of the molecule is Cc1cc(C)c(S(=O)(=O)NCc2ccc(C(=O)NC3CCCC3)cc2)c(C)c1. The van der Waals surface area contributed by atoms with E-state index in [9.17, 15) is 13.2 Å². The average molecular weight is 401 g/mol. The van der Waals surface area contributed by atoms with Gasteiger partial charge in [0.15, 0.2) is 0 Å². The largest absolute Gasteiger partial charge is 0.349 e. The lowest BCUT2D eigenvalue weighted by molar-refractivity contribution is 0.0938. The third kappa shape index (κ3) is 4.80. The highest BCUT2D eigenvalue weighted by Crippen LogP contribution is 2.22. The Bertz CT molecular complexity index is 937. The van der Waals surface area contributed by atoms with Gasteiger partial charge >= 0.3 is 0 Å². The summed E-state index contributed by atoms with van der Waals surface area (Å²) >= 11 is 0. The first kappa shape index (κ1) is 20.6. The standard InChI is InChI=1S/C22H28N2O3S/c1-15-12-16(2)21(17(3)13-15)28(26,27)23-14-18-8-10-19(11-9-18)22(25)24-20-6-4-5-7-20/h8-13,20,23H,4-7,14H2,1-3H3,(H,24,25). The van der Waals surface area contributed by atoms with E-state index in [4.69, 9.17) is 0 Å². The van der Waals surface area contributed by atoms with Crippen LogP contribution in [0.4, 0.5) is 0 Å². The van der Waals surface area contributed by atoms with E-state index in [-0.39, 0.29) is 18.5 Å². The lowest BCUT2D eigenvalue weighted by atomic mass is 10.1. The van der Waals surface area contributed by atoms with E-state index in [1.54, 1.807) is 24.3 Å². The quantitative estimate of drug-likeness (QED) is 0.775. The van der Waals surface area contributed by atoms with Crippen LogP contribution < -0.4 is 10.0 Å². The summed E-state index contributed by atoms with van der Waals surface area (Å²) in [6, 6.07) is 11.1. The molecule has 0 radical (unpaired) electrons. The van der Waals surface area contributed by atoms with Gasteiger partial charge in [-0.2, -0.15) is 0 Å². The smallest absolute Gasteiger partial charge is 0.251 e. The van der Waals surface area contributed by atoms with E-state index >= 15 is 0 Å². The van der Waals surface area contributed by atoms with E-state index < -0.39 is 10.0 Å². The van der Waals surface area contributed by atoms with Gasteiger partial charge in [-0.1, -0.05) is 42.7 Å². The van der Waals surface area contributed by atoms with Crippen LogP contribution in [0.3, 0.4) is 0 Å². The van der Waals surface area contributed by atoms with Gasteiger partial charge in [-0.15, -0.1) is 0 Å². The predicted octanol–water partition coefficient (Wildman–Crippen LogP) is 3.76. The second-order valence-corrected chi connectivity index (χ2v) is 9.41. The summed E-state index contributed by atoms with van der Waals surface area (Å²) in [4.78, 5) is 12.6. The zero-order chi connectivity index (χ0) is 20.3. The molecule has 2 aromatic rings. The molecule has 28 heavy (non-hydrogen) atoms. The Kier molecular flexibility index (Phi) is 6.20. The maximum atomic E-state index is 12.8. The summed E-state index contributed by atoms with van der Waals surface area (Å²) in [7, 11) is -3.61. The lowest BCUT2D eigenvalue weighted by Crippen LogP contribution is -2.32. The Morgan fingerprint density at radius 1 is 1.00 bits per heavy atom. The minimum atomic E-state index is -3.61. The van der Waals surface area contributed by atoms with Gasteiger partial charge in [-0.25, -0.2) is 13.1 Å². The van der Waals surface area contributed by atoms with Crippen LogP contribution >= 0.6 is 0 Å². The predicted molar refractivity (Wildman–Crippen MR) is 111 cm³/mol. The van der Waals surface area contributed by atoms with E-state index in [1.165, 1.54) is 12.8 Å². The number of hydrogen-bond donors (Lipinski definition) is 2. The monoisotopic (exact) mass is 400 g/mol. The number of benzene rings is 2. The third-order valence-corrected chi connectivity index (χ3v) is 6.95. The van der Waals surface area contributed by atoms with Crippen LogP contribution in [0.5, 0.6) is 0 Å². The van der Waals surface area contributed by atoms with Crippen molar-refractivity contribution in [3.63, 3.8) is 0 Å². The molecule has 6 heteroatoms. The van der Waals surface area contributed by atoms with E-state index in [2.05, 4.69) is 10.0 Å². The minimum Gasteiger partial charge on any atom is -0.349 e. The minimum absolute atomic E-state index is 0.0649. The zero-order valence-corrected chi connectivity index (χ0v) is 17.5. The Balaban J connectivity index is 1.65. The molecule has 0 bridgehead atoms. The maximum Gasteiger partial charge on any atom is 0.251 e. The van der Waals surface area contributed by atoms with Crippen LogP contribution in [0.2, 0.25) is 0 Å². The van der Waals surface area contributed by atoms with Gasteiger partial charge in [0.1, 0.15) is 0 Å². The van der Waals surface area contributed by atoms with Crippen molar-refractivity contribution in [2.24, 2.45) is 0 Å². The molecule has 150 valence electrons. The van der Waals surface area contributed by atoms with Crippen molar-refractivity contribution < 1.29 is 13.2 Å². The molecule has 0 spiro atoms. The molecule has 3 rings (SSSR count). The third-order valence-electron chi connectivity index (χ3n) is 5.25. The van der Waals surface area contributed by atoms with E-state index in [1.807, 2.05) is 32.9 Å². The van der Waals surface area contributed by atoms with Gasteiger partial charge in [0.05, 0.1) is 4.90 Å². The number of hydrogen-bond acceptors (Lipinski definition) is 3. The maximum absolute atomic E-state index is 12.8. The highest BCUT2D eigenvalue weighted by Gasteiger charge is 2.20. The fourth-order valence-corrected chi connectivity index (χ4v) is 5.42. The number of aryl methyl sites for hydroxylation is 3. The second kappa shape index (κ2) is 8.45. The summed E-state index contributed by atoms with van der Waals surface area (Å²) in [6.07, 6.45) is 4.43. The Hall–Kier alpha value is -2.18. The zero-order valence-electron chi connectivity index (χ0n) is 16.7. The number of rotatable bonds is 6. The van der Waals surface area contributed by atoms with E-state index in [0.29, 0.717) is 10.5 Å². The fourth-order valence-electron chi connectivity index (χ4n) is 3.95. The van der Waals surface area contributed by atoms with Gasteiger partial charge in [0.2, 0.25) is 10.0 Å². The summed E-state index contributed by atoms with van der Waals surface area (Å²) in [5, 5.41) is 3.06. The molecular formula is C22H28N2O3S. The average Bonchev–Trinajstić information content (AvgIpc) is 3.12. The van der Waals surface area contributed by atoms with Crippen LogP contribution in [0, 0.1) is 20.8 Å². The first-order valence-corrected chi connectivity index (χ1v) is 11.2. The fraction of sp³-hybridized carbons (Fsp3) is 0.409. The van der Waals surface area contributed by atoms with E-state index in [0.717, 1.165) is 35.1 Å². The molecule has 1 fully saturated rings. The number of nitrogens with one attached hydrogen (secondary N) is 2. The number of carbonyl (C=O) groups is 1. The van der Waals surface area contributed by atoms with Crippen LogP contribution in [-0.4, -0.2) is 20.4 Å². The van der Waals surface area contributed by atoms with Crippen LogP contribution in [0.1, 0.15) is 58.3 Å². The molecule has 0 saturated heterocycles. The normalized spacial score (nSPS) is 15.0. The van der Waals surface area contributed by atoms with Crippen molar-refractivity contribution in [3.8, 4) is 0 Å². The topological polar surface area (TPSA) is 75.3 Å². The summed E-state index contributed by atoms with van der Waals surface area (Å²) in [5.41, 5.74) is 3.93. The molecule has 2 aromatic carbocycles. The van der Waals surface area contributed by atoms with Gasteiger partial charge < -0.3 is 5.32 Å². The van der Waals surface area contributed by atoms with Crippen LogP contribution in [0.25, 0.3) is 0 Å².